The number of benzene rings is 1. The van der Waals surface area contributed by atoms with Gasteiger partial charge in [0.1, 0.15) is 5.75 Å². The second-order valence-electron chi connectivity index (χ2n) is 5.48. The van der Waals surface area contributed by atoms with Gasteiger partial charge >= 0.3 is 0 Å². The number of rotatable bonds is 5. The maximum atomic E-state index is 6.18. The van der Waals surface area contributed by atoms with E-state index in [1.54, 1.807) is 7.11 Å². The van der Waals surface area contributed by atoms with Crippen molar-refractivity contribution in [1.82, 2.24) is 5.32 Å². The van der Waals surface area contributed by atoms with E-state index in [0.29, 0.717) is 11.1 Å². The molecule has 0 bridgehead atoms. The van der Waals surface area contributed by atoms with Crippen LogP contribution in [0.2, 0.25) is 5.02 Å². The molecule has 1 aliphatic rings. The summed E-state index contributed by atoms with van der Waals surface area (Å²) < 4.78 is 5.19. The molecule has 1 aromatic rings. The Morgan fingerprint density at radius 3 is 2.89 bits per heavy atom. The Balaban J connectivity index is 1.95. The monoisotopic (exact) mass is 282 g/mol. The molecule has 1 atom stereocenters. The zero-order valence-corrected chi connectivity index (χ0v) is 12.7. The molecule has 1 aromatic carbocycles. The lowest BCUT2D eigenvalue weighted by molar-refractivity contribution is 0.415. The molecule has 0 spiro atoms. The SMILES string of the molecule is COc1ccc(N2CCC(CNC(C)C)C2)cc1Cl. The van der Waals surface area contributed by atoms with E-state index in [-0.39, 0.29) is 0 Å². The van der Waals surface area contributed by atoms with Crippen molar-refractivity contribution in [3.05, 3.63) is 23.2 Å². The standard InChI is InChI=1S/C15H23ClN2O/c1-11(2)17-9-12-6-7-18(10-12)13-4-5-15(19-3)14(16)8-13/h4-5,8,11-12,17H,6-7,9-10H2,1-3H3. The van der Waals surface area contributed by atoms with E-state index in [9.17, 15) is 0 Å². The fourth-order valence-electron chi connectivity index (χ4n) is 2.49. The largest absolute Gasteiger partial charge is 0.495 e. The van der Waals surface area contributed by atoms with E-state index in [4.69, 9.17) is 16.3 Å². The van der Waals surface area contributed by atoms with E-state index in [0.717, 1.165) is 31.3 Å². The van der Waals surface area contributed by atoms with Crippen molar-refractivity contribution in [3.8, 4) is 5.75 Å². The Morgan fingerprint density at radius 1 is 1.47 bits per heavy atom. The highest BCUT2D eigenvalue weighted by Crippen LogP contribution is 2.31. The number of anilines is 1. The molecule has 2 rings (SSSR count). The third-order valence-electron chi connectivity index (χ3n) is 3.60. The zero-order chi connectivity index (χ0) is 13.8. The topological polar surface area (TPSA) is 24.5 Å². The number of methoxy groups -OCH3 is 1. The van der Waals surface area contributed by atoms with Crippen LogP contribution < -0.4 is 15.0 Å². The van der Waals surface area contributed by atoms with Crippen molar-refractivity contribution in [1.29, 1.82) is 0 Å². The first-order valence-corrected chi connectivity index (χ1v) is 7.30. The summed E-state index contributed by atoms with van der Waals surface area (Å²) >= 11 is 6.18. The molecule has 3 nitrogen and oxygen atoms in total. The van der Waals surface area contributed by atoms with Crippen molar-refractivity contribution in [2.24, 2.45) is 5.92 Å². The van der Waals surface area contributed by atoms with Crippen LogP contribution in [-0.2, 0) is 0 Å². The van der Waals surface area contributed by atoms with E-state index < -0.39 is 0 Å². The Morgan fingerprint density at radius 2 is 2.26 bits per heavy atom. The van der Waals surface area contributed by atoms with Gasteiger partial charge in [-0.3, -0.25) is 0 Å². The second kappa shape index (κ2) is 6.49. The van der Waals surface area contributed by atoms with Crippen LogP contribution in [0.25, 0.3) is 0 Å². The van der Waals surface area contributed by atoms with E-state index in [2.05, 4.69) is 30.1 Å². The minimum atomic E-state index is 0.560. The number of halogens is 1. The van der Waals surface area contributed by atoms with Gasteiger partial charge in [0.2, 0.25) is 0 Å². The molecule has 0 aliphatic carbocycles. The zero-order valence-electron chi connectivity index (χ0n) is 11.9. The molecule has 19 heavy (non-hydrogen) atoms. The van der Waals surface area contributed by atoms with Crippen LogP contribution in [-0.4, -0.2) is 32.8 Å². The lowest BCUT2D eigenvalue weighted by Gasteiger charge is -2.20. The van der Waals surface area contributed by atoms with Gasteiger partial charge in [0.15, 0.2) is 0 Å². The molecular formula is C15H23ClN2O. The summed E-state index contributed by atoms with van der Waals surface area (Å²) in [6.45, 7) is 7.68. The lowest BCUT2D eigenvalue weighted by atomic mass is 10.1. The van der Waals surface area contributed by atoms with E-state index in [1.165, 1.54) is 12.1 Å². The Bertz CT molecular complexity index is 423. The van der Waals surface area contributed by atoms with Crippen LogP contribution in [0.1, 0.15) is 20.3 Å². The molecule has 0 amide bonds. The van der Waals surface area contributed by atoms with Gasteiger partial charge in [-0.05, 0) is 37.1 Å². The summed E-state index contributed by atoms with van der Waals surface area (Å²) in [7, 11) is 1.64. The van der Waals surface area contributed by atoms with Crippen LogP contribution in [0, 0.1) is 5.92 Å². The molecule has 4 heteroatoms. The maximum absolute atomic E-state index is 6.18. The molecule has 0 aromatic heterocycles. The van der Waals surface area contributed by atoms with Crippen molar-refractivity contribution in [2.75, 3.05) is 31.6 Å². The average Bonchev–Trinajstić information content (AvgIpc) is 2.85. The highest BCUT2D eigenvalue weighted by atomic mass is 35.5. The fraction of sp³-hybridized carbons (Fsp3) is 0.600. The number of nitrogens with zero attached hydrogens (tertiary/aromatic N) is 1. The molecule has 1 fully saturated rings. The minimum Gasteiger partial charge on any atom is -0.495 e. The summed E-state index contributed by atoms with van der Waals surface area (Å²) in [5.74, 6) is 1.46. The number of nitrogens with one attached hydrogen (secondary N) is 1. The summed E-state index contributed by atoms with van der Waals surface area (Å²) in [6.07, 6.45) is 1.24. The third kappa shape index (κ3) is 3.77. The lowest BCUT2D eigenvalue weighted by Crippen LogP contribution is -2.30. The predicted molar refractivity (Wildman–Crippen MR) is 81.5 cm³/mol. The molecule has 0 radical (unpaired) electrons. The predicted octanol–water partition coefficient (Wildman–Crippen LogP) is 3.17. The van der Waals surface area contributed by atoms with E-state index in [1.807, 2.05) is 12.1 Å². The Labute approximate surface area is 120 Å². The average molecular weight is 283 g/mol. The Kier molecular flexibility index (Phi) is 4.94. The third-order valence-corrected chi connectivity index (χ3v) is 3.90. The number of ether oxygens (including phenoxy) is 1. The van der Waals surface area contributed by atoms with Gasteiger partial charge in [-0.1, -0.05) is 25.4 Å². The molecule has 1 saturated heterocycles. The van der Waals surface area contributed by atoms with Gasteiger partial charge in [-0.15, -0.1) is 0 Å². The molecule has 1 unspecified atom stereocenters. The molecule has 1 heterocycles. The molecule has 1 N–H and O–H groups in total. The fourth-order valence-corrected chi connectivity index (χ4v) is 2.74. The van der Waals surface area contributed by atoms with Gasteiger partial charge in [0.05, 0.1) is 12.1 Å². The quantitative estimate of drug-likeness (QED) is 0.898. The van der Waals surface area contributed by atoms with Gasteiger partial charge < -0.3 is 15.0 Å². The molecule has 1 aliphatic heterocycles. The van der Waals surface area contributed by atoms with Gasteiger partial charge in [0.25, 0.3) is 0 Å². The molecular weight excluding hydrogens is 260 g/mol. The maximum Gasteiger partial charge on any atom is 0.137 e. The summed E-state index contributed by atoms with van der Waals surface area (Å²) in [5.41, 5.74) is 1.19. The highest BCUT2D eigenvalue weighted by molar-refractivity contribution is 6.32. The second-order valence-corrected chi connectivity index (χ2v) is 5.89. The highest BCUT2D eigenvalue weighted by Gasteiger charge is 2.23. The minimum absolute atomic E-state index is 0.560. The molecule has 106 valence electrons. The molecule has 0 saturated carbocycles. The van der Waals surface area contributed by atoms with Crippen LogP contribution in [0.15, 0.2) is 18.2 Å². The van der Waals surface area contributed by atoms with E-state index >= 15 is 0 Å². The van der Waals surface area contributed by atoms with Gasteiger partial charge in [-0.2, -0.15) is 0 Å². The summed E-state index contributed by atoms with van der Waals surface area (Å²) in [6, 6.07) is 6.59. The van der Waals surface area contributed by atoms with Gasteiger partial charge in [0, 0.05) is 24.8 Å². The van der Waals surface area contributed by atoms with Crippen LogP contribution in [0.4, 0.5) is 5.69 Å². The van der Waals surface area contributed by atoms with Crippen molar-refractivity contribution in [2.45, 2.75) is 26.3 Å². The van der Waals surface area contributed by atoms with Crippen LogP contribution >= 0.6 is 11.6 Å². The van der Waals surface area contributed by atoms with Crippen molar-refractivity contribution >= 4 is 17.3 Å². The van der Waals surface area contributed by atoms with Crippen molar-refractivity contribution in [3.63, 3.8) is 0 Å². The van der Waals surface area contributed by atoms with Crippen LogP contribution in [0.3, 0.4) is 0 Å². The first kappa shape index (κ1) is 14.5. The normalized spacial score (nSPS) is 19.2. The number of hydrogen-bond donors (Lipinski definition) is 1. The first-order valence-electron chi connectivity index (χ1n) is 6.92. The summed E-state index contributed by atoms with van der Waals surface area (Å²) in [5, 5.41) is 4.20. The number of hydrogen-bond acceptors (Lipinski definition) is 3. The Hall–Kier alpha value is -0.930. The smallest absolute Gasteiger partial charge is 0.137 e. The van der Waals surface area contributed by atoms with Crippen LogP contribution in [0.5, 0.6) is 5.75 Å². The first-order chi connectivity index (χ1) is 9.10. The summed E-state index contributed by atoms with van der Waals surface area (Å²) in [4.78, 5) is 2.40. The van der Waals surface area contributed by atoms with Crippen molar-refractivity contribution < 1.29 is 4.74 Å². The van der Waals surface area contributed by atoms with Gasteiger partial charge in [-0.25, -0.2) is 0 Å².